The molecule has 0 unspecified atom stereocenters. The van der Waals surface area contributed by atoms with Gasteiger partial charge in [-0.1, -0.05) is 42.2 Å². The first-order chi connectivity index (χ1) is 13.5. The van der Waals surface area contributed by atoms with Gasteiger partial charge in [0.05, 0.1) is 17.6 Å². The smallest absolute Gasteiger partial charge is 0.407 e. The van der Waals surface area contributed by atoms with Crippen LogP contribution in [0.5, 0.6) is 0 Å². The lowest BCUT2D eigenvalue weighted by atomic mass is 10.1. The standard InChI is InChI=1S/C20H18N2O6/c1-27-19(23)17-11-10-16(18(13-17)22(25)26)9-5-6-12-21-20(24)28-14-15-7-3-2-4-8-15/h2-4,7-8,10-11,13H,6,12,14H2,1H3,(H,21,24). The third-order valence-corrected chi connectivity index (χ3v) is 3.57. The number of esters is 1. The number of alkyl carbamates (subject to hydrolysis) is 1. The van der Waals surface area contributed by atoms with Gasteiger partial charge in [0.1, 0.15) is 12.2 Å². The van der Waals surface area contributed by atoms with E-state index in [0.29, 0.717) is 0 Å². The highest BCUT2D eigenvalue weighted by molar-refractivity contribution is 5.90. The number of ether oxygens (including phenoxy) is 2. The number of nitrogens with zero attached hydrogens (tertiary/aromatic N) is 1. The van der Waals surface area contributed by atoms with E-state index < -0.39 is 17.0 Å². The molecule has 0 heterocycles. The second kappa shape index (κ2) is 10.3. The Morgan fingerprint density at radius 2 is 1.93 bits per heavy atom. The molecule has 0 fully saturated rings. The lowest BCUT2D eigenvalue weighted by Crippen LogP contribution is -2.24. The van der Waals surface area contributed by atoms with Crippen molar-refractivity contribution in [1.82, 2.24) is 5.32 Å². The Bertz CT molecular complexity index is 915. The second-order valence-electron chi connectivity index (χ2n) is 5.52. The molecule has 0 atom stereocenters. The molecule has 0 aliphatic heterocycles. The van der Waals surface area contributed by atoms with Crippen molar-refractivity contribution in [2.45, 2.75) is 13.0 Å². The molecular weight excluding hydrogens is 364 g/mol. The average molecular weight is 382 g/mol. The molecule has 0 spiro atoms. The van der Waals surface area contributed by atoms with E-state index >= 15 is 0 Å². The molecule has 144 valence electrons. The summed E-state index contributed by atoms with van der Waals surface area (Å²) in [4.78, 5) is 33.6. The molecule has 0 aliphatic carbocycles. The summed E-state index contributed by atoms with van der Waals surface area (Å²) in [5, 5.41) is 13.7. The number of nitro benzene ring substituents is 1. The van der Waals surface area contributed by atoms with Gasteiger partial charge in [-0.2, -0.15) is 0 Å². The largest absolute Gasteiger partial charge is 0.465 e. The summed E-state index contributed by atoms with van der Waals surface area (Å²) in [6.45, 7) is 0.395. The Morgan fingerprint density at radius 1 is 1.18 bits per heavy atom. The van der Waals surface area contributed by atoms with Gasteiger partial charge in [-0.25, -0.2) is 9.59 Å². The van der Waals surface area contributed by atoms with Crippen LogP contribution in [0.1, 0.15) is 27.9 Å². The van der Waals surface area contributed by atoms with Crippen LogP contribution in [0.25, 0.3) is 0 Å². The highest BCUT2D eigenvalue weighted by Gasteiger charge is 2.16. The zero-order valence-electron chi connectivity index (χ0n) is 15.1. The third-order valence-electron chi connectivity index (χ3n) is 3.57. The molecule has 0 radical (unpaired) electrons. The van der Waals surface area contributed by atoms with Gasteiger partial charge in [-0.15, -0.1) is 0 Å². The first kappa shape index (κ1) is 20.5. The van der Waals surface area contributed by atoms with Gasteiger partial charge in [0.25, 0.3) is 5.69 Å². The van der Waals surface area contributed by atoms with Crippen molar-refractivity contribution in [3.63, 3.8) is 0 Å². The monoisotopic (exact) mass is 382 g/mol. The predicted molar refractivity (Wildman–Crippen MR) is 101 cm³/mol. The number of nitrogens with one attached hydrogen (secondary N) is 1. The van der Waals surface area contributed by atoms with Crippen LogP contribution in [0.2, 0.25) is 0 Å². The highest BCUT2D eigenvalue weighted by atomic mass is 16.6. The quantitative estimate of drug-likeness (QED) is 0.270. The first-order valence-electron chi connectivity index (χ1n) is 8.31. The Hall–Kier alpha value is -3.86. The van der Waals surface area contributed by atoms with Gasteiger partial charge < -0.3 is 14.8 Å². The van der Waals surface area contributed by atoms with E-state index in [1.165, 1.54) is 19.2 Å². The second-order valence-corrected chi connectivity index (χ2v) is 5.52. The topological polar surface area (TPSA) is 108 Å². The zero-order valence-corrected chi connectivity index (χ0v) is 15.1. The number of benzene rings is 2. The van der Waals surface area contributed by atoms with Crippen LogP contribution in [-0.2, 0) is 16.1 Å². The molecule has 8 nitrogen and oxygen atoms in total. The number of rotatable bonds is 6. The van der Waals surface area contributed by atoms with E-state index in [0.717, 1.165) is 11.6 Å². The summed E-state index contributed by atoms with van der Waals surface area (Å²) in [7, 11) is 1.19. The van der Waals surface area contributed by atoms with Crippen molar-refractivity contribution >= 4 is 17.7 Å². The molecule has 0 saturated carbocycles. The van der Waals surface area contributed by atoms with E-state index in [-0.39, 0.29) is 36.4 Å². The maximum absolute atomic E-state index is 11.6. The normalized spacial score (nSPS) is 9.61. The fourth-order valence-corrected chi connectivity index (χ4v) is 2.19. The third kappa shape index (κ3) is 6.14. The molecule has 0 aromatic heterocycles. The van der Waals surface area contributed by atoms with E-state index in [9.17, 15) is 19.7 Å². The Balaban J connectivity index is 1.86. The van der Waals surface area contributed by atoms with Crippen molar-refractivity contribution < 1.29 is 24.0 Å². The van der Waals surface area contributed by atoms with Gasteiger partial charge in [-0.3, -0.25) is 10.1 Å². The van der Waals surface area contributed by atoms with Gasteiger partial charge >= 0.3 is 12.1 Å². The first-order valence-corrected chi connectivity index (χ1v) is 8.31. The predicted octanol–water partition coefficient (Wildman–Crippen LogP) is 3.05. The van der Waals surface area contributed by atoms with Gasteiger partial charge in [0.15, 0.2) is 0 Å². The Morgan fingerprint density at radius 3 is 2.61 bits per heavy atom. The summed E-state index contributed by atoms with van der Waals surface area (Å²) < 4.78 is 9.60. The molecule has 2 aromatic rings. The van der Waals surface area contributed by atoms with Crippen LogP contribution in [0.3, 0.4) is 0 Å². The van der Waals surface area contributed by atoms with E-state index in [4.69, 9.17) is 4.74 Å². The summed E-state index contributed by atoms with van der Waals surface area (Å²) in [6, 6.07) is 13.2. The summed E-state index contributed by atoms with van der Waals surface area (Å²) in [5.74, 6) is 4.76. The molecule has 0 bridgehead atoms. The molecule has 0 aliphatic rings. The fraction of sp³-hybridized carbons (Fsp3) is 0.200. The molecule has 28 heavy (non-hydrogen) atoms. The fourth-order valence-electron chi connectivity index (χ4n) is 2.19. The number of hydrogen-bond acceptors (Lipinski definition) is 6. The molecule has 8 heteroatoms. The van der Waals surface area contributed by atoms with Crippen molar-refractivity contribution in [2.24, 2.45) is 0 Å². The number of amides is 1. The molecular formula is C20H18N2O6. The lowest BCUT2D eigenvalue weighted by molar-refractivity contribution is -0.385. The Kier molecular flexibility index (Phi) is 7.54. The summed E-state index contributed by atoms with van der Waals surface area (Å²) in [5.41, 5.74) is 0.831. The number of nitro groups is 1. The van der Waals surface area contributed by atoms with E-state index in [1.807, 2.05) is 30.3 Å². The number of carbonyl (C=O) groups is 2. The number of carbonyl (C=O) groups excluding carboxylic acids is 2. The summed E-state index contributed by atoms with van der Waals surface area (Å²) >= 11 is 0. The maximum Gasteiger partial charge on any atom is 0.407 e. The molecule has 2 aromatic carbocycles. The minimum absolute atomic E-state index is 0.0718. The van der Waals surface area contributed by atoms with Crippen LogP contribution in [0.4, 0.5) is 10.5 Å². The van der Waals surface area contributed by atoms with Gasteiger partial charge in [-0.05, 0) is 17.7 Å². The van der Waals surface area contributed by atoms with Crippen LogP contribution in [-0.4, -0.2) is 30.6 Å². The SMILES string of the molecule is COC(=O)c1ccc(C#CCCNC(=O)OCc2ccccc2)c([N+](=O)[O-])c1. The van der Waals surface area contributed by atoms with Crippen molar-refractivity contribution in [3.8, 4) is 11.8 Å². The minimum Gasteiger partial charge on any atom is -0.465 e. The number of hydrogen-bond donors (Lipinski definition) is 1. The van der Waals surface area contributed by atoms with Crippen molar-refractivity contribution in [2.75, 3.05) is 13.7 Å². The molecule has 1 N–H and O–H groups in total. The van der Waals surface area contributed by atoms with Crippen molar-refractivity contribution in [3.05, 3.63) is 75.3 Å². The molecule has 1 amide bonds. The molecule has 0 saturated heterocycles. The van der Waals surface area contributed by atoms with Crippen LogP contribution >= 0.6 is 0 Å². The molecule has 2 rings (SSSR count). The van der Waals surface area contributed by atoms with Crippen LogP contribution in [0.15, 0.2) is 48.5 Å². The van der Waals surface area contributed by atoms with Crippen LogP contribution < -0.4 is 5.32 Å². The average Bonchev–Trinajstić information content (AvgIpc) is 2.72. The number of methoxy groups -OCH3 is 1. The van der Waals surface area contributed by atoms with Crippen molar-refractivity contribution in [1.29, 1.82) is 0 Å². The Labute approximate surface area is 161 Å². The van der Waals surface area contributed by atoms with Gasteiger partial charge in [0, 0.05) is 19.0 Å². The van der Waals surface area contributed by atoms with E-state index in [1.54, 1.807) is 0 Å². The van der Waals surface area contributed by atoms with Crippen LogP contribution in [0, 0.1) is 22.0 Å². The highest BCUT2D eigenvalue weighted by Crippen LogP contribution is 2.20. The maximum atomic E-state index is 11.6. The van der Waals surface area contributed by atoms with Gasteiger partial charge in [0.2, 0.25) is 0 Å². The lowest BCUT2D eigenvalue weighted by Gasteiger charge is -2.05. The van der Waals surface area contributed by atoms with E-state index in [2.05, 4.69) is 21.9 Å². The minimum atomic E-state index is -0.666. The zero-order chi connectivity index (χ0) is 20.4. The summed E-state index contributed by atoms with van der Waals surface area (Å²) in [6.07, 6.45) is -0.296.